The molecule has 2 nitrogen and oxygen atoms in total. The van der Waals surface area contributed by atoms with Gasteiger partial charge in [-0.05, 0) is 44.5 Å². The number of hydrogen-bond acceptors (Lipinski definition) is 2. The summed E-state index contributed by atoms with van der Waals surface area (Å²) in [5.41, 5.74) is 9.18. The first-order valence-corrected chi connectivity index (χ1v) is 7.66. The molecule has 2 aromatic rings. The third kappa shape index (κ3) is 5.00. The number of nitrogens with zero attached hydrogens (tertiary/aromatic N) is 1. The van der Waals surface area contributed by atoms with Crippen molar-refractivity contribution in [2.24, 2.45) is 5.73 Å². The van der Waals surface area contributed by atoms with E-state index in [0.717, 1.165) is 19.3 Å². The Kier molecular flexibility index (Phi) is 5.97. The van der Waals surface area contributed by atoms with E-state index in [1.807, 2.05) is 6.07 Å². The van der Waals surface area contributed by atoms with Crippen LogP contribution < -0.4 is 5.73 Å². The van der Waals surface area contributed by atoms with E-state index in [9.17, 15) is 0 Å². The van der Waals surface area contributed by atoms with E-state index in [0.29, 0.717) is 6.04 Å². The number of hydrogen-bond donors (Lipinski definition) is 1. The first kappa shape index (κ1) is 15.7. The Hall–Kier alpha value is -1.64. The second-order valence-electron chi connectivity index (χ2n) is 5.91. The Morgan fingerprint density at radius 2 is 1.38 bits per heavy atom. The average molecular weight is 282 g/mol. The molecule has 2 aromatic carbocycles. The summed E-state index contributed by atoms with van der Waals surface area (Å²) in [6.07, 6.45) is 3.09. The Labute approximate surface area is 128 Å². The molecule has 21 heavy (non-hydrogen) atoms. The summed E-state index contributed by atoms with van der Waals surface area (Å²) in [6, 6.07) is 21.7. The molecule has 0 heterocycles. The van der Waals surface area contributed by atoms with Gasteiger partial charge in [0.2, 0.25) is 0 Å². The first-order chi connectivity index (χ1) is 10.2. The highest BCUT2D eigenvalue weighted by Gasteiger charge is 2.20. The maximum atomic E-state index is 6.47. The minimum absolute atomic E-state index is 0.158. The fraction of sp³-hybridized carbons (Fsp3) is 0.368. The molecule has 0 amide bonds. The molecule has 0 aliphatic heterocycles. The largest absolute Gasteiger partial charge is 0.326 e. The van der Waals surface area contributed by atoms with E-state index in [-0.39, 0.29) is 6.04 Å². The van der Waals surface area contributed by atoms with Crippen molar-refractivity contribution >= 4 is 0 Å². The van der Waals surface area contributed by atoms with Crippen molar-refractivity contribution in [2.75, 3.05) is 14.1 Å². The Balaban J connectivity index is 1.95. The van der Waals surface area contributed by atoms with E-state index in [4.69, 9.17) is 5.73 Å². The number of likely N-dealkylation sites (N-methyl/N-ethyl adjacent to an activating group) is 1. The smallest absolute Gasteiger partial charge is 0.0247 e. The van der Waals surface area contributed by atoms with Crippen LogP contribution in [-0.2, 0) is 12.8 Å². The van der Waals surface area contributed by atoms with E-state index < -0.39 is 0 Å². The molecule has 2 rings (SSSR count). The zero-order valence-electron chi connectivity index (χ0n) is 13.1. The molecule has 0 radical (unpaired) electrons. The molecule has 0 spiro atoms. The van der Waals surface area contributed by atoms with Gasteiger partial charge in [-0.15, -0.1) is 0 Å². The Bertz CT molecular complexity index is 508. The lowest BCUT2D eigenvalue weighted by atomic mass is 9.94. The first-order valence-electron chi connectivity index (χ1n) is 7.66. The lowest BCUT2D eigenvalue weighted by molar-refractivity contribution is 0.238. The monoisotopic (exact) mass is 282 g/mol. The third-order valence-electron chi connectivity index (χ3n) is 4.04. The minimum Gasteiger partial charge on any atom is -0.326 e. The predicted molar refractivity (Wildman–Crippen MR) is 90.4 cm³/mol. The summed E-state index contributed by atoms with van der Waals surface area (Å²) < 4.78 is 0. The molecule has 112 valence electrons. The van der Waals surface area contributed by atoms with E-state index >= 15 is 0 Å². The zero-order chi connectivity index (χ0) is 15.1. The number of nitrogens with two attached hydrogens (primary N) is 1. The number of aryl methyl sites for hydroxylation is 1. The molecule has 0 aromatic heterocycles. The highest BCUT2D eigenvalue weighted by atomic mass is 15.1. The molecular weight excluding hydrogens is 256 g/mol. The van der Waals surface area contributed by atoms with Crippen molar-refractivity contribution in [3.8, 4) is 0 Å². The van der Waals surface area contributed by atoms with Crippen LogP contribution in [0.1, 0.15) is 17.5 Å². The molecular formula is C19H26N2. The van der Waals surface area contributed by atoms with Crippen LogP contribution in [-0.4, -0.2) is 31.1 Å². The SMILES string of the molecule is CN(C)C(CCc1ccccc1)[C@@H](N)Cc1ccccc1. The van der Waals surface area contributed by atoms with Gasteiger partial charge in [0, 0.05) is 12.1 Å². The van der Waals surface area contributed by atoms with Crippen LogP contribution in [0.15, 0.2) is 60.7 Å². The second-order valence-corrected chi connectivity index (χ2v) is 5.91. The molecule has 0 fully saturated rings. The standard InChI is InChI=1S/C19H26N2/c1-21(2)19(14-13-16-9-5-3-6-10-16)18(20)15-17-11-7-4-8-12-17/h3-12,18-19H,13-15,20H2,1-2H3/t18-,19?/m0/s1. The van der Waals surface area contributed by atoms with Gasteiger partial charge in [0.15, 0.2) is 0 Å². The molecule has 2 atom stereocenters. The molecule has 2 heteroatoms. The summed E-state index contributed by atoms with van der Waals surface area (Å²) in [6.45, 7) is 0. The van der Waals surface area contributed by atoms with Crippen LogP contribution in [0.2, 0.25) is 0 Å². The molecule has 0 saturated carbocycles. The van der Waals surface area contributed by atoms with E-state index in [1.54, 1.807) is 0 Å². The van der Waals surface area contributed by atoms with Gasteiger partial charge in [0.25, 0.3) is 0 Å². The predicted octanol–water partition coefficient (Wildman–Crippen LogP) is 3.12. The van der Waals surface area contributed by atoms with Crippen LogP contribution in [0.4, 0.5) is 0 Å². The van der Waals surface area contributed by atoms with Crippen LogP contribution in [0.25, 0.3) is 0 Å². The van der Waals surface area contributed by atoms with Crippen molar-refractivity contribution in [3.63, 3.8) is 0 Å². The molecule has 1 unspecified atom stereocenters. The molecule has 0 saturated heterocycles. The lowest BCUT2D eigenvalue weighted by Crippen LogP contribution is -2.46. The second kappa shape index (κ2) is 7.96. The highest BCUT2D eigenvalue weighted by molar-refractivity contribution is 5.17. The van der Waals surface area contributed by atoms with Gasteiger partial charge < -0.3 is 10.6 Å². The van der Waals surface area contributed by atoms with Gasteiger partial charge in [-0.25, -0.2) is 0 Å². The third-order valence-corrected chi connectivity index (χ3v) is 4.04. The van der Waals surface area contributed by atoms with Gasteiger partial charge in [-0.2, -0.15) is 0 Å². The quantitative estimate of drug-likeness (QED) is 0.845. The molecule has 2 N–H and O–H groups in total. The zero-order valence-corrected chi connectivity index (χ0v) is 13.1. The number of rotatable bonds is 7. The molecule has 0 bridgehead atoms. The lowest BCUT2D eigenvalue weighted by Gasteiger charge is -2.30. The summed E-state index contributed by atoms with van der Waals surface area (Å²) in [4.78, 5) is 2.26. The fourth-order valence-electron chi connectivity index (χ4n) is 2.84. The van der Waals surface area contributed by atoms with Crippen LogP contribution in [0.5, 0.6) is 0 Å². The topological polar surface area (TPSA) is 29.3 Å². The summed E-state index contributed by atoms with van der Waals surface area (Å²) in [7, 11) is 4.25. The van der Waals surface area contributed by atoms with Gasteiger partial charge in [0.1, 0.15) is 0 Å². The summed E-state index contributed by atoms with van der Waals surface area (Å²) in [5.74, 6) is 0. The normalized spacial score (nSPS) is 14.1. The Morgan fingerprint density at radius 3 is 1.90 bits per heavy atom. The van der Waals surface area contributed by atoms with Crippen molar-refractivity contribution in [2.45, 2.75) is 31.3 Å². The maximum Gasteiger partial charge on any atom is 0.0247 e. The van der Waals surface area contributed by atoms with Crippen LogP contribution >= 0.6 is 0 Å². The highest BCUT2D eigenvalue weighted by Crippen LogP contribution is 2.13. The van der Waals surface area contributed by atoms with Gasteiger partial charge in [-0.3, -0.25) is 0 Å². The molecule has 0 aliphatic carbocycles. The van der Waals surface area contributed by atoms with E-state index in [2.05, 4.69) is 73.6 Å². The van der Waals surface area contributed by atoms with Gasteiger partial charge >= 0.3 is 0 Å². The van der Waals surface area contributed by atoms with Crippen molar-refractivity contribution in [1.82, 2.24) is 4.90 Å². The average Bonchev–Trinajstić information content (AvgIpc) is 2.49. The fourth-order valence-corrected chi connectivity index (χ4v) is 2.84. The summed E-state index contributed by atoms with van der Waals surface area (Å²) >= 11 is 0. The minimum atomic E-state index is 0.158. The van der Waals surface area contributed by atoms with Crippen molar-refractivity contribution in [1.29, 1.82) is 0 Å². The van der Waals surface area contributed by atoms with Gasteiger partial charge in [0.05, 0.1) is 0 Å². The van der Waals surface area contributed by atoms with Crippen LogP contribution in [0, 0.1) is 0 Å². The van der Waals surface area contributed by atoms with Gasteiger partial charge in [-0.1, -0.05) is 60.7 Å². The maximum absolute atomic E-state index is 6.47. The Morgan fingerprint density at radius 1 is 0.857 bits per heavy atom. The van der Waals surface area contributed by atoms with Crippen molar-refractivity contribution < 1.29 is 0 Å². The van der Waals surface area contributed by atoms with E-state index in [1.165, 1.54) is 11.1 Å². The summed E-state index contributed by atoms with van der Waals surface area (Å²) in [5, 5.41) is 0. The van der Waals surface area contributed by atoms with Crippen molar-refractivity contribution in [3.05, 3.63) is 71.8 Å². The van der Waals surface area contributed by atoms with Crippen LogP contribution in [0.3, 0.4) is 0 Å². The number of benzene rings is 2. The molecule has 0 aliphatic rings.